The van der Waals surface area contributed by atoms with Crippen LogP contribution in [-0.4, -0.2) is 35.9 Å². The number of anilines is 1. The topological polar surface area (TPSA) is 89.3 Å². The zero-order chi connectivity index (χ0) is 12.8. The number of nitrogens with one attached hydrogen (secondary N) is 2. The van der Waals surface area contributed by atoms with Crippen molar-refractivity contribution in [1.29, 1.82) is 0 Å². The number of aromatic nitrogens is 2. The monoisotopic (exact) mass is 254 g/mol. The van der Waals surface area contributed by atoms with E-state index in [1.165, 1.54) is 0 Å². The maximum absolute atomic E-state index is 11.4. The standard InChI is InChI=1S/C11H18N4O3/c1-2-6-17-7-9(16)13-11-15-14-10(18-11)8-4-3-5-12-8/h8,12H,2-7H2,1H3,(H,13,15,16). The molecular weight excluding hydrogens is 236 g/mol. The lowest BCUT2D eigenvalue weighted by Gasteiger charge is -2.03. The van der Waals surface area contributed by atoms with Crippen molar-refractivity contribution in [3.8, 4) is 0 Å². The molecule has 0 aliphatic carbocycles. The van der Waals surface area contributed by atoms with Crippen LogP contribution in [0.5, 0.6) is 0 Å². The molecule has 1 unspecified atom stereocenters. The molecule has 18 heavy (non-hydrogen) atoms. The van der Waals surface area contributed by atoms with Crippen LogP contribution in [0.3, 0.4) is 0 Å². The summed E-state index contributed by atoms with van der Waals surface area (Å²) in [5.74, 6) is 0.246. The summed E-state index contributed by atoms with van der Waals surface area (Å²) in [4.78, 5) is 11.4. The van der Waals surface area contributed by atoms with Gasteiger partial charge in [0, 0.05) is 6.61 Å². The number of rotatable bonds is 6. The van der Waals surface area contributed by atoms with E-state index in [1.54, 1.807) is 0 Å². The average molecular weight is 254 g/mol. The van der Waals surface area contributed by atoms with E-state index in [0.717, 1.165) is 25.8 Å². The maximum atomic E-state index is 11.4. The minimum atomic E-state index is -0.280. The molecule has 1 saturated heterocycles. The largest absolute Gasteiger partial charge is 0.406 e. The van der Waals surface area contributed by atoms with Crippen molar-refractivity contribution in [1.82, 2.24) is 15.5 Å². The summed E-state index contributed by atoms with van der Waals surface area (Å²) >= 11 is 0. The Balaban J connectivity index is 1.80. The van der Waals surface area contributed by atoms with Gasteiger partial charge in [0.1, 0.15) is 6.61 Å². The Morgan fingerprint density at radius 1 is 1.61 bits per heavy atom. The highest BCUT2D eigenvalue weighted by atomic mass is 16.5. The van der Waals surface area contributed by atoms with Crippen molar-refractivity contribution in [3.05, 3.63) is 5.89 Å². The van der Waals surface area contributed by atoms with E-state index in [1.807, 2.05) is 6.92 Å². The summed E-state index contributed by atoms with van der Waals surface area (Å²) in [5.41, 5.74) is 0. The second kappa shape index (κ2) is 6.46. The summed E-state index contributed by atoms with van der Waals surface area (Å²) < 4.78 is 10.5. The van der Waals surface area contributed by atoms with Gasteiger partial charge in [0.25, 0.3) is 5.91 Å². The molecule has 7 heteroatoms. The van der Waals surface area contributed by atoms with Gasteiger partial charge in [-0.2, -0.15) is 0 Å². The molecule has 2 N–H and O–H groups in total. The molecular formula is C11H18N4O3. The Morgan fingerprint density at radius 3 is 3.22 bits per heavy atom. The molecule has 0 radical (unpaired) electrons. The number of amides is 1. The van der Waals surface area contributed by atoms with E-state index in [-0.39, 0.29) is 24.6 Å². The molecule has 1 amide bonds. The van der Waals surface area contributed by atoms with Gasteiger partial charge in [-0.25, -0.2) is 0 Å². The van der Waals surface area contributed by atoms with Gasteiger partial charge >= 0.3 is 6.01 Å². The Hall–Kier alpha value is -1.47. The van der Waals surface area contributed by atoms with Crippen molar-refractivity contribution >= 4 is 11.9 Å². The Morgan fingerprint density at radius 2 is 2.50 bits per heavy atom. The predicted molar refractivity (Wildman–Crippen MR) is 64.0 cm³/mol. The molecule has 1 aromatic heterocycles. The van der Waals surface area contributed by atoms with Crippen molar-refractivity contribution in [2.45, 2.75) is 32.2 Å². The Bertz CT molecular complexity index is 387. The smallest absolute Gasteiger partial charge is 0.322 e. The predicted octanol–water partition coefficient (Wildman–Crippen LogP) is 0.859. The molecule has 1 aromatic rings. The molecule has 1 aliphatic heterocycles. The first-order valence-corrected chi connectivity index (χ1v) is 6.24. The van der Waals surface area contributed by atoms with E-state index in [2.05, 4.69) is 20.8 Å². The zero-order valence-corrected chi connectivity index (χ0v) is 10.4. The highest BCUT2D eigenvalue weighted by Crippen LogP contribution is 2.22. The van der Waals surface area contributed by atoms with Gasteiger partial charge in [0.05, 0.1) is 6.04 Å². The third-order valence-corrected chi connectivity index (χ3v) is 2.63. The average Bonchev–Trinajstić information content (AvgIpc) is 2.98. The third kappa shape index (κ3) is 3.51. The summed E-state index contributed by atoms with van der Waals surface area (Å²) in [6.45, 7) is 3.51. The molecule has 1 aliphatic rings. The SMILES string of the molecule is CCCOCC(=O)Nc1nnc(C2CCCN2)o1. The van der Waals surface area contributed by atoms with Crippen LogP contribution in [0, 0.1) is 0 Å². The van der Waals surface area contributed by atoms with Crippen LogP contribution in [0.2, 0.25) is 0 Å². The van der Waals surface area contributed by atoms with E-state index in [4.69, 9.17) is 9.15 Å². The summed E-state index contributed by atoms with van der Waals surface area (Å²) in [5, 5.41) is 13.5. The first-order valence-electron chi connectivity index (χ1n) is 6.24. The Kier molecular flexibility index (Phi) is 4.66. The number of nitrogens with zero attached hydrogens (tertiary/aromatic N) is 2. The van der Waals surface area contributed by atoms with E-state index in [9.17, 15) is 4.79 Å². The molecule has 0 spiro atoms. The van der Waals surface area contributed by atoms with Crippen LogP contribution in [0.4, 0.5) is 6.01 Å². The lowest BCUT2D eigenvalue weighted by molar-refractivity contribution is -0.120. The van der Waals surface area contributed by atoms with Crippen LogP contribution in [0.25, 0.3) is 0 Å². The molecule has 1 fully saturated rings. The van der Waals surface area contributed by atoms with Crippen molar-refractivity contribution in [2.24, 2.45) is 0 Å². The van der Waals surface area contributed by atoms with Gasteiger partial charge in [0.15, 0.2) is 0 Å². The van der Waals surface area contributed by atoms with E-state index >= 15 is 0 Å². The summed E-state index contributed by atoms with van der Waals surface area (Å²) in [6.07, 6.45) is 2.96. The molecule has 0 bridgehead atoms. The minimum Gasteiger partial charge on any atom is -0.406 e. The van der Waals surface area contributed by atoms with Gasteiger partial charge < -0.3 is 14.5 Å². The number of carbonyl (C=O) groups excluding carboxylic acids is 1. The van der Waals surface area contributed by atoms with Crippen LogP contribution < -0.4 is 10.6 Å². The number of hydrogen-bond donors (Lipinski definition) is 2. The minimum absolute atomic E-state index is 0.00717. The highest BCUT2D eigenvalue weighted by molar-refractivity contribution is 5.89. The number of carbonyl (C=O) groups is 1. The second-order valence-corrected chi connectivity index (χ2v) is 4.20. The fourth-order valence-corrected chi connectivity index (χ4v) is 1.79. The zero-order valence-electron chi connectivity index (χ0n) is 10.4. The number of ether oxygens (including phenoxy) is 1. The quantitative estimate of drug-likeness (QED) is 0.732. The lowest BCUT2D eigenvalue weighted by Crippen LogP contribution is -2.18. The van der Waals surface area contributed by atoms with Crippen molar-refractivity contribution in [2.75, 3.05) is 25.1 Å². The first kappa shape index (κ1) is 13.0. The number of hydrogen-bond acceptors (Lipinski definition) is 6. The molecule has 1 atom stereocenters. The van der Waals surface area contributed by atoms with Gasteiger partial charge in [-0.1, -0.05) is 12.0 Å². The van der Waals surface area contributed by atoms with Crippen LogP contribution in [-0.2, 0) is 9.53 Å². The summed E-state index contributed by atoms with van der Waals surface area (Å²) in [7, 11) is 0. The highest BCUT2D eigenvalue weighted by Gasteiger charge is 2.22. The van der Waals surface area contributed by atoms with Gasteiger partial charge in [0.2, 0.25) is 5.89 Å². The van der Waals surface area contributed by atoms with Crippen molar-refractivity contribution in [3.63, 3.8) is 0 Å². The first-order chi connectivity index (χ1) is 8.79. The van der Waals surface area contributed by atoms with Gasteiger partial charge in [-0.3, -0.25) is 10.1 Å². The van der Waals surface area contributed by atoms with Gasteiger partial charge in [-0.15, -0.1) is 5.10 Å². The van der Waals surface area contributed by atoms with Crippen LogP contribution >= 0.6 is 0 Å². The van der Waals surface area contributed by atoms with Crippen LogP contribution in [0.1, 0.15) is 38.1 Å². The molecule has 2 rings (SSSR count). The Labute approximate surface area is 105 Å². The maximum Gasteiger partial charge on any atom is 0.322 e. The fourth-order valence-electron chi connectivity index (χ4n) is 1.79. The lowest BCUT2D eigenvalue weighted by atomic mass is 10.2. The van der Waals surface area contributed by atoms with E-state index in [0.29, 0.717) is 12.5 Å². The third-order valence-electron chi connectivity index (χ3n) is 2.63. The van der Waals surface area contributed by atoms with Crippen LogP contribution in [0.15, 0.2) is 4.42 Å². The summed E-state index contributed by atoms with van der Waals surface area (Å²) in [6, 6.07) is 0.239. The fraction of sp³-hybridized carbons (Fsp3) is 0.727. The molecule has 0 aromatic carbocycles. The normalized spacial score (nSPS) is 19.1. The molecule has 7 nitrogen and oxygen atoms in total. The van der Waals surface area contributed by atoms with E-state index < -0.39 is 0 Å². The molecule has 100 valence electrons. The van der Waals surface area contributed by atoms with Crippen molar-refractivity contribution < 1.29 is 13.9 Å². The molecule has 2 heterocycles. The second-order valence-electron chi connectivity index (χ2n) is 4.20. The molecule has 0 saturated carbocycles. The van der Waals surface area contributed by atoms with Gasteiger partial charge in [-0.05, 0) is 25.8 Å².